The van der Waals surface area contributed by atoms with Gasteiger partial charge in [-0.05, 0) is 55.9 Å². The second kappa shape index (κ2) is 11.1. The van der Waals surface area contributed by atoms with Crippen LogP contribution in [0.5, 0.6) is 5.75 Å². The Morgan fingerprint density at radius 3 is 2.46 bits per heavy atom. The van der Waals surface area contributed by atoms with Gasteiger partial charge in [-0.3, -0.25) is 14.2 Å². The van der Waals surface area contributed by atoms with E-state index in [-0.39, 0.29) is 11.5 Å². The molecule has 1 heterocycles. The van der Waals surface area contributed by atoms with Gasteiger partial charge < -0.3 is 15.0 Å². The van der Waals surface area contributed by atoms with E-state index in [4.69, 9.17) is 4.74 Å². The lowest BCUT2D eigenvalue weighted by atomic mass is 10.1. The maximum Gasteiger partial charge on any atom is 0.268 e. The SMILES string of the molecule is CCN(CC)CCCNC(=O)/C(=C\c1ccc(OC)cc1)n1ccccc1=O. The quantitative estimate of drug-likeness (QED) is 0.506. The Morgan fingerprint density at radius 1 is 1.14 bits per heavy atom. The van der Waals surface area contributed by atoms with Crippen LogP contribution >= 0.6 is 0 Å². The fourth-order valence-corrected chi connectivity index (χ4v) is 2.86. The molecule has 0 bridgehead atoms. The number of pyridine rings is 1. The van der Waals surface area contributed by atoms with Crippen LogP contribution in [0.25, 0.3) is 11.8 Å². The van der Waals surface area contributed by atoms with E-state index in [0.29, 0.717) is 12.2 Å². The molecule has 0 atom stereocenters. The van der Waals surface area contributed by atoms with E-state index >= 15 is 0 Å². The number of benzene rings is 1. The molecule has 0 saturated carbocycles. The van der Waals surface area contributed by atoms with Gasteiger partial charge in [0.25, 0.3) is 11.5 Å². The van der Waals surface area contributed by atoms with Crippen molar-refractivity contribution in [2.45, 2.75) is 20.3 Å². The molecule has 1 amide bonds. The zero-order valence-corrected chi connectivity index (χ0v) is 16.9. The highest BCUT2D eigenvalue weighted by molar-refractivity contribution is 6.18. The van der Waals surface area contributed by atoms with Gasteiger partial charge in [-0.2, -0.15) is 0 Å². The van der Waals surface area contributed by atoms with Gasteiger partial charge in [0.15, 0.2) is 0 Å². The summed E-state index contributed by atoms with van der Waals surface area (Å²) in [5, 5.41) is 2.94. The summed E-state index contributed by atoms with van der Waals surface area (Å²) in [5.74, 6) is 0.458. The molecule has 6 heteroatoms. The molecule has 1 N–H and O–H groups in total. The van der Waals surface area contributed by atoms with Crippen LogP contribution in [0.1, 0.15) is 25.8 Å². The van der Waals surface area contributed by atoms with Crippen molar-refractivity contribution in [3.63, 3.8) is 0 Å². The predicted octanol–water partition coefficient (Wildman–Crippen LogP) is 2.70. The topological polar surface area (TPSA) is 63.6 Å². The second-order valence-corrected chi connectivity index (χ2v) is 6.35. The molecule has 0 aliphatic carbocycles. The van der Waals surface area contributed by atoms with Crippen LogP contribution in [-0.4, -0.2) is 48.7 Å². The number of amides is 1. The zero-order valence-electron chi connectivity index (χ0n) is 16.9. The lowest BCUT2D eigenvalue weighted by molar-refractivity contribution is -0.115. The van der Waals surface area contributed by atoms with Crippen LogP contribution in [0, 0.1) is 0 Å². The number of hydrogen-bond acceptors (Lipinski definition) is 4. The molecule has 0 spiro atoms. The summed E-state index contributed by atoms with van der Waals surface area (Å²) in [6.45, 7) is 7.71. The number of nitrogens with one attached hydrogen (secondary N) is 1. The highest BCUT2D eigenvalue weighted by Gasteiger charge is 2.13. The van der Waals surface area contributed by atoms with E-state index in [9.17, 15) is 9.59 Å². The van der Waals surface area contributed by atoms with E-state index in [2.05, 4.69) is 24.1 Å². The third-order valence-electron chi connectivity index (χ3n) is 4.56. The lowest BCUT2D eigenvalue weighted by Gasteiger charge is -2.18. The first-order valence-electron chi connectivity index (χ1n) is 9.63. The van der Waals surface area contributed by atoms with Gasteiger partial charge in [0.05, 0.1) is 7.11 Å². The average Bonchev–Trinajstić information content (AvgIpc) is 2.73. The molecule has 0 aliphatic rings. The van der Waals surface area contributed by atoms with Gasteiger partial charge >= 0.3 is 0 Å². The summed E-state index contributed by atoms with van der Waals surface area (Å²) in [7, 11) is 1.60. The molecule has 1 aromatic carbocycles. The molecule has 0 aliphatic heterocycles. The van der Waals surface area contributed by atoms with Crippen LogP contribution < -0.4 is 15.6 Å². The number of ether oxygens (including phenoxy) is 1. The van der Waals surface area contributed by atoms with Gasteiger partial charge in [0.1, 0.15) is 11.4 Å². The highest BCUT2D eigenvalue weighted by Crippen LogP contribution is 2.15. The number of hydrogen-bond donors (Lipinski definition) is 1. The number of aromatic nitrogens is 1. The minimum Gasteiger partial charge on any atom is -0.497 e. The van der Waals surface area contributed by atoms with E-state index in [0.717, 1.165) is 37.4 Å². The third kappa shape index (κ3) is 6.09. The van der Waals surface area contributed by atoms with Crippen LogP contribution in [0.15, 0.2) is 53.5 Å². The minimum absolute atomic E-state index is 0.249. The van der Waals surface area contributed by atoms with Gasteiger partial charge in [0.2, 0.25) is 0 Å². The Labute approximate surface area is 166 Å². The van der Waals surface area contributed by atoms with Crippen molar-refractivity contribution < 1.29 is 9.53 Å². The summed E-state index contributed by atoms with van der Waals surface area (Å²) >= 11 is 0. The normalized spacial score (nSPS) is 11.5. The van der Waals surface area contributed by atoms with Crippen molar-refractivity contribution in [2.75, 3.05) is 33.3 Å². The van der Waals surface area contributed by atoms with Crippen molar-refractivity contribution in [1.82, 2.24) is 14.8 Å². The smallest absolute Gasteiger partial charge is 0.268 e. The minimum atomic E-state index is -0.274. The van der Waals surface area contributed by atoms with Crippen LogP contribution in [-0.2, 0) is 4.79 Å². The Morgan fingerprint density at radius 2 is 1.86 bits per heavy atom. The maximum absolute atomic E-state index is 12.8. The van der Waals surface area contributed by atoms with Crippen molar-refractivity contribution in [3.8, 4) is 5.75 Å². The summed E-state index contributed by atoms with van der Waals surface area (Å²) < 4.78 is 6.53. The molecule has 0 saturated heterocycles. The molecule has 2 aromatic rings. The second-order valence-electron chi connectivity index (χ2n) is 6.35. The van der Waals surface area contributed by atoms with E-state index in [1.165, 1.54) is 10.6 Å². The van der Waals surface area contributed by atoms with E-state index in [1.807, 2.05) is 24.3 Å². The van der Waals surface area contributed by atoms with E-state index in [1.54, 1.807) is 31.5 Å². The first-order valence-corrected chi connectivity index (χ1v) is 9.63. The summed E-state index contributed by atoms with van der Waals surface area (Å²) in [4.78, 5) is 27.4. The monoisotopic (exact) mass is 383 g/mol. The van der Waals surface area contributed by atoms with Crippen molar-refractivity contribution in [3.05, 3.63) is 64.6 Å². The largest absolute Gasteiger partial charge is 0.497 e. The van der Waals surface area contributed by atoms with Crippen LogP contribution in [0.2, 0.25) is 0 Å². The number of nitrogens with zero attached hydrogens (tertiary/aromatic N) is 2. The number of rotatable bonds is 10. The molecular weight excluding hydrogens is 354 g/mol. The Hall–Kier alpha value is -2.86. The summed E-state index contributed by atoms with van der Waals surface area (Å²) in [6.07, 6.45) is 4.17. The molecule has 1 aromatic heterocycles. The van der Waals surface area contributed by atoms with Crippen molar-refractivity contribution >= 4 is 17.7 Å². The average molecular weight is 383 g/mol. The predicted molar refractivity (Wildman–Crippen MR) is 113 cm³/mol. The fraction of sp³-hybridized carbons (Fsp3) is 0.364. The van der Waals surface area contributed by atoms with Gasteiger partial charge in [0, 0.05) is 18.8 Å². The first-order chi connectivity index (χ1) is 13.6. The molecule has 0 radical (unpaired) electrons. The standard InChI is InChI=1S/C22H29N3O3/c1-4-24(5-2)15-8-14-23-22(27)20(25-16-7-6-9-21(25)26)17-18-10-12-19(28-3)13-11-18/h6-7,9-13,16-17H,4-5,8,14-15H2,1-3H3,(H,23,27)/b20-17+. The van der Waals surface area contributed by atoms with Gasteiger partial charge in [-0.15, -0.1) is 0 Å². The van der Waals surface area contributed by atoms with E-state index < -0.39 is 0 Å². The zero-order chi connectivity index (χ0) is 20.4. The summed E-state index contributed by atoms with van der Waals surface area (Å²) in [6, 6.07) is 12.2. The molecular formula is C22H29N3O3. The molecule has 6 nitrogen and oxygen atoms in total. The number of methoxy groups -OCH3 is 1. The fourth-order valence-electron chi connectivity index (χ4n) is 2.86. The Balaban J connectivity index is 2.18. The Bertz CT molecular complexity index is 837. The van der Waals surface area contributed by atoms with Crippen LogP contribution in [0.3, 0.4) is 0 Å². The van der Waals surface area contributed by atoms with Crippen molar-refractivity contribution in [2.24, 2.45) is 0 Å². The highest BCUT2D eigenvalue weighted by atomic mass is 16.5. The lowest BCUT2D eigenvalue weighted by Crippen LogP contribution is -2.33. The third-order valence-corrected chi connectivity index (χ3v) is 4.56. The van der Waals surface area contributed by atoms with Gasteiger partial charge in [-0.1, -0.05) is 32.0 Å². The van der Waals surface area contributed by atoms with Crippen LogP contribution in [0.4, 0.5) is 0 Å². The molecule has 2 rings (SSSR count). The molecule has 28 heavy (non-hydrogen) atoms. The summed E-state index contributed by atoms with van der Waals surface area (Å²) in [5.41, 5.74) is 0.851. The number of carbonyl (C=O) groups excluding carboxylic acids is 1. The molecule has 150 valence electrons. The Kier molecular flexibility index (Phi) is 8.49. The molecule has 0 fully saturated rings. The van der Waals surface area contributed by atoms with Gasteiger partial charge in [-0.25, -0.2) is 0 Å². The molecule has 0 unspecified atom stereocenters. The maximum atomic E-state index is 12.8. The first kappa shape index (κ1) is 21.4. The van der Waals surface area contributed by atoms with Crippen molar-refractivity contribution in [1.29, 1.82) is 0 Å². The number of carbonyl (C=O) groups is 1.